The average Bonchev–Trinajstić information content (AvgIpc) is 2.74. The number of fused-ring (bicyclic) bond motifs is 1. The van der Waals surface area contributed by atoms with E-state index in [-0.39, 0.29) is 12.5 Å². The number of carbonyl (C=O) groups excluding carboxylic acids is 1. The van der Waals surface area contributed by atoms with Crippen LogP contribution in [-0.2, 0) is 22.4 Å². The smallest absolute Gasteiger partial charge is 0.253 e. The van der Waals surface area contributed by atoms with Crippen LogP contribution in [0.15, 0.2) is 42.5 Å². The van der Waals surface area contributed by atoms with Gasteiger partial charge in [-0.15, -0.1) is 0 Å². The highest BCUT2D eigenvalue weighted by Gasteiger charge is 2.27. The molecular formula is C22H28N2O5. The van der Waals surface area contributed by atoms with E-state index in [1.165, 1.54) is 0 Å². The number of anilines is 1. The highest BCUT2D eigenvalue weighted by Crippen LogP contribution is 2.24. The van der Waals surface area contributed by atoms with Crippen LogP contribution in [0, 0.1) is 0 Å². The summed E-state index contributed by atoms with van der Waals surface area (Å²) in [5.74, 6) is 1.33. The van der Waals surface area contributed by atoms with Crippen molar-refractivity contribution in [1.82, 2.24) is 5.32 Å². The van der Waals surface area contributed by atoms with Gasteiger partial charge in [0.15, 0.2) is 0 Å². The summed E-state index contributed by atoms with van der Waals surface area (Å²) >= 11 is 0. The summed E-state index contributed by atoms with van der Waals surface area (Å²) in [6, 6.07) is 13.4. The van der Waals surface area contributed by atoms with Gasteiger partial charge in [0.2, 0.25) is 0 Å². The number of aliphatic hydroxyl groups excluding tert-OH is 1. The zero-order chi connectivity index (χ0) is 20.6. The van der Waals surface area contributed by atoms with Crippen LogP contribution in [0.3, 0.4) is 0 Å². The Morgan fingerprint density at radius 1 is 1.17 bits per heavy atom. The molecule has 2 aromatic carbocycles. The van der Waals surface area contributed by atoms with Gasteiger partial charge in [-0.2, -0.15) is 0 Å². The minimum absolute atomic E-state index is 0.0975. The van der Waals surface area contributed by atoms with Gasteiger partial charge in [-0.1, -0.05) is 18.2 Å². The summed E-state index contributed by atoms with van der Waals surface area (Å²) in [6.07, 6.45) is 0.00610. The fourth-order valence-electron chi connectivity index (χ4n) is 3.26. The first-order valence-electron chi connectivity index (χ1n) is 9.70. The number of para-hydroxylation sites is 1. The van der Waals surface area contributed by atoms with Crippen LogP contribution in [0.2, 0.25) is 0 Å². The second-order valence-corrected chi connectivity index (χ2v) is 7.00. The zero-order valence-electron chi connectivity index (χ0n) is 16.8. The Morgan fingerprint density at radius 2 is 1.90 bits per heavy atom. The van der Waals surface area contributed by atoms with E-state index >= 15 is 0 Å². The number of nitrogens with one attached hydrogen (secondary N) is 2. The van der Waals surface area contributed by atoms with Gasteiger partial charge in [0, 0.05) is 24.7 Å². The quantitative estimate of drug-likeness (QED) is 0.527. The molecule has 3 rings (SSSR count). The molecule has 0 bridgehead atoms. The fraction of sp³-hybridized carbons (Fsp3) is 0.409. The third-order valence-corrected chi connectivity index (χ3v) is 4.84. The molecule has 1 aliphatic heterocycles. The van der Waals surface area contributed by atoms with Gasteiger partial charge in [-0.3, -0.25) is 4.79 Å². The molecule has 7 heteroatoms. The highest BCUT2D eigenvalue weighted by atomic mass is 16.5. The molecule has 3 N–H and O–H groups in total. The maximum atomic E-state index is 12.1. The number of ether oxygens (including phenoxy) is 3. The summed E-state index contributed by atoms with van der Waals surface area (Å²) in [5.41, 5.74) is 2.95. The van der Waals surface area contributed by atoms with Crippen LogP contribution in [0.4, 0.5) is 5.69 Å². The predicted octanol–water partition coefficient (Wildman–Crippen LogP) is 1.78. The van der Waals surface area contributed by atoms with Crippen LogP contribution in [0.5, 0.6) is 11.5 Å². The molecule has 2 atom stereocenters. The van der Waals surface area contributed by atoms with Crippen LogP contribution in [0.25, 0.3) is 0 Å². The van der Waals surface area contributed by atoms with Gasteiger partial charge in [-0.05, 0) is 42.3 Å². The van der Waals surface area contributed by atoms with E-state index in [4.69, 9.17) is 14.2 Å². The fourth-order valence-corrected chi connectivity index (χ4v) is 3.26. The van der Waals surface area contributed by atoms with Gasteiger partial charge in [0.25, 0.3) is 5.91 Å². The third-order valence-electron chi connectivity index (χ3n) is 4.84. The molecule has 0 aromatic heterocycles. The van der Waals surface area contributed by atoms with Crippen molar-refractivity contribution in [2.45, 2.75) is 25.0 Å². The van der Waals surface area contributed by atoms with Crippen molar-refractivity contribution in [3.05, 3.63) is 53.6 Å². The minimum atomic E-state index is -0.695. The third kappa shape index (κ3) is 5.93. The van der Waals surface area contributed by atoms with Crippen molar-refractivity contribution >= 4 is 11.6 Å². The number of hydrogen-bond acceptors (Lipinski definition) is 6. The van der Waals surface area contributed by atoms with Crippen LogP contribution >= 0.6 is 0 Å². The van der Waals surface area contributed by atoms with E-state index in [0.717, 1.165) is 34.7 Å². The van der Waals surface area contributed by atoms with Gasteiger partial charge >= 0.3 is 0 Å². The Kier molecular flexibility index (Phi) is 7.46. The number of benzene rings is 2. The lowest BCUT2D eigenvalue weighted by atomic mass is 10.0. The topological polar surface area (TPSA) is 89.0 Å². The molecule has 0 saturated heterocycles. The van der Waals surface area contributed by atoms with E-state index in [1.807, 2.05) is 42.5 Å². The molecule has 156 valence electrons. The second kappa shape index (κ2) is 10.2. The number of hydrogen-bond donors (Lipinski definition) is 3. The molecule has 0 aliphatic carbocycles. The van der Waals surface area contributed by atoms with Crippen molar-refractivity contribution < 1.29 is 24.1 Å². The van der Waals surface area contributed by atoms with Crippen LogP contribution in [-0.4, -0.2) is 57.1 Å². The first-order chi connectivity index (χ1) is 14.1. The standard InChI is InChI=1S/C22H28N2O5/c1-27-18-9-15(10-19(12-18)28-2)7-8-23-13-17(25)14-29-21-11-16-5-3-4-6-20(16)24-22(21)26/h3-6,9-10,12,17,21,23,25H,7-8,11,13-14H2,1-2H3,(H,24,26). The zero-order valence-corrected chi connectivity index (χ0v) is 16.8. The van der Waals surface area contributed by atoms with E-state index in [0.29, 0.717) is 19.5 Å². The number of carbonyl (C=O) groups is 1. The van der Waals surface area contributed by atoms with Gasteiger partial charge < -0.3 is 30.0 Å². The molecule has 0 saturated carbocycles. The van der Waals surface area contributed by atoms with E-state index < -0.39 is 12.2 Å². The monoisotopic (exact) mass is 400 g/mol. The SMILES string of the molecule is COc1cc(CCNCC(O)COC2Cc3ccccc3NC2=O)cc(OC)c1. The molecule has 2 unspecified atom stereocenters. The minimum Gasteiger partial charge on any atom is -0.497 e. The Hall–Kier alpha value is -2.61. The first-order valence-corrected chi connectivity index (χ1v) is 9.70. The largest absolute Gasteiger partial charge is 0.497 e. The number of rotatable bonds is 10. The second-order valence-electron chi connectivity index (χ2n) is 7.00. The molecule has 0 spiro atoms. The number of amides is 1. The van der Waals surface area contributed by atoms with E-state index in [9.17, 15) is 9.90 Å². The molecule has 7 nitrogen and oxygen atoms in total. The van der Waals surface area contributed by atoms with Gasteiger partial charge in [0.1, 0.15) is 17.6 Å². The highest BCUT2D eigenvalue weighted by molar-refractivity contribution is 5.97. The first kappa shape index (κ1) is 21.1. The Morgan fingerprint density at radius 3 is 2.62 bits per heavy atom. The molecule has 1 heterocycles. The van der Waals surface area contributed by atoms with Crippen molar-refractivity contribution in [1.29, 1.82) is 0 Å². The van der Waals surface area contributed by atoms with E-state index in [2.05, 4.69) is 10.6 Å². The Bertz CT molecular complexity index is 804. The lowest BCUT2D eigenvalue weighted by Crippen LogP contribution is -2.40. The summed E-state index contributed by atoms with van der Waals surface area (Å²) in [4.78, 5) is 12.1. The Balaban J connectivity index is 1.38. The molecule has 0 radical (unpaired) electrons. The van der Waals surface area contributed by atoms with Crippen molar-refractivity contribution in [3.8, 4) is 11.5 Å². The Labute approximate surface area is 171 Å². The van der Waals surface area contributed by atoms with Gasteiger partial charge in [0.05, 0.1) is 26.9 Å². The number of methoxy groups -OCH3 is 2. The maximum absolute atomic E-state index is 12.1. The summed E-state index contributed by atoms with van der Waals surface area (Å²) in [5, 5.41) is 16.2. The van der Waals surface area contributed by atoms with Crippen LogP contribution in [0.1, 0.15) is 11.1 Å². The maximum Gasteiger partial charge on any atom is 0.253 e. The summed E-state index contributed by atoms with van der Waals surface area (Å²) in [7, 11) is 3.25. The summed E-state index contributed by atoms with van der Waals surface area (Å²) in [6.45, 7) is 1.16. The van der Waals surface area contributed by atoms with Gasteiger partial charge in [-0.25, -0.2) is 0 Å². The van der Waals surface area contributed by atoms with Crippen LogP contribution < -0.4 is 20.1 Å². The summed E-state index contributed by atoms with van der Waals surface area (Å²) < 4.78 is 16.2. The lowest BCUT2D eigenvalue weighted by Gasteiger charge is -2.25. The molecule has 29 heavy (non-hydrogen) atoms. The molecule has 2 aromatic rings. The lowest BCUT2D eigenvalue weighted by molar-refractivity contribution is -0.129. The molecule has 1 aliphatic rings. The molecule has 1 amide bonds. The molecule has 0 fully saturated rings. The average molecular weight is 400 g/mol. The van der Waals surface area contributed by atoms with Crippen molar-refractivity contribution in [2.75, 3.05) is 39.2 Å². The normalized spacial score (nSPS) is 16.7. The molecular weight excluding hydrogens is 372 g/mol. The van der Waals surface area contributed by atoms with E-state index in [1.54, 1.807) is 14.2 Å². The van der Waals surface area contributed by atoms with Crippen molar-refractivity contribution in [2.24, 2.45) is 0 Å². The predicted molar refractivity (Wildman–Crippen MR) is 111 cm³/mol. The number of aliphatic hydroxyl groups is 1. The van der Waals surface area contributed by atoms with Crippen molar-refractivity contribution in [3.63, 3.8) is 0 Å².